The molecule has 6 nitrogen and oxygen atoms in total. The van der Waals surface area contributed by atoms with Crippen LogP contribution in [-0.4, -0.2) is 28.6 Å². The first-order valence-corrected chi connectivity index (χ1v) is 8.22. The van der Waals surface area contributed by atoms with Crippen molar-refractivity contribution >= 4 is 28.9 Å². The number of nitrogens with zero attached hydrogens (tertiary/aromatic N) is 1. The van der Waals surface area contributed by atoms with Crippen molar-refractivity contribution in [3.05, 3.63) is 39.8 Å². The molecule has 2 rings (SSSR count). The molecule has 0 saturated heterocycles. The van der Waals surface area contributed by atoms with E-state index in [1.165, 1.54) is 11.3 Å². The molecule has 1 amide bonds. The van der Waals surface area contributed by atoms with Crippen molar-refractivity contribution in [3.8, 4) is 5.75 Å². The summed E-state index contributed by atoms with van der Waals surface area (Å²) in [5.41, 5.74) is 1.22. The summed E-state index contributed by atoms with van der Waals surface area (Å²) in [7, 11) is 0. The molecule has 2 aromatic rings. The molecule has 1 aromatic carbocycles. The Morgan fingerprint density at radius 3 is 2.38 bits per heavy atom. The molecule has 24 heavy (non-hydrogen) atoms. The average molecular weight is 348 g/mol. The van der Waals surface area contributed by atoms with E-state index in [4.69, 9.17) is 9.84 Å². The topological polar surface area (TPSA) is 88.5 Å². The van der Waals surface area contributed by atoms with Crippen LogP contribution < -0.4 is 10.1 Å². The summed E-state index contributed by atoms with van der Waals surface area (Å²) in [6.45, 7) is 7.60. The zero-order valence-corrected chi connectivity index (χ0v) is 14.9. The molecule has 0 aliphatic carbocycles. The number of thiazole rings is 1. The second kappa shape index (κ2) is 7.00. The molecule has 128 valence electrons. The molecule has 2 N–H and O–H groups in total. The van der Waals surface area contributed by atoms with Crippen molar-refractivity contribution in [2.45, 2.75) is 33.1 Å². The van der Waals surface area contributed by atoms with E-state index in [-0.39, 0.29) is 11.3 Å². The van der Waals surface area contributed by atoms with Crippen molar-refractivity contribution in [2.24, 2.45) is 0 Å². The maximum Gasteiger partial charge on any atom is 0.341 e. The lowest BCUT2D eigenvalue weighted by atomic mass is 9.98. The number of benzene rings is 1. The Morgan fingerprint density at radius 2 is 1.88 bits per heavy atom. The Balaban J connectivity index is 2.07. The number of rotatable bonds is 5. The average Bonchev–Trinajstić information content (AvgIpc) is 2.88. The summed E-state index contributed by atoms with van der Waals surface area (Å²) in [5, 5.41) is 12.3. The van der Waals surface area contributed by atoms with Crippen molar-refractivity contribution < 1.29 is 19.4 Å². The van der Waals surface area contributed by atoms with Crippen molar-refractivity contribution in [3.63, 3.8) is 0 Å². The molecule has 0 radical (unpaired) electrons. The number of aromatic nitrogens is 1. The number of anilines is 1. The predicted octanol–water partition coefficient (Wildman–Crippen LogP) is 3.46. The zero-order valence-electron chi connectivity index (χ0n) is 14.0. The third-order valence-electron chi connectivity index (χ3n) is 3.12. The lowest BCUT2D eigenvalue weighted by Gasteiger charge is -2.13. The molecule has 0 aliphatic heterocycles. The first kappa shape index (κ1) is 17.9. The summed E-state index contributed by atoms with van der Waals surface area (Å²) < 4.78 is 5.05. The van der Waals surface area contributed by atoms with Crippen LogP contribution in [0.1, 0.15) is 41.1 Å². The normalized spacial score (nSPS) is 11.2. The first-order valence-electron chi connectivity index (χ1n) is 7.41. The fraction of sp³-hybridized carbons (Fsp3) is 0.353. The lowest BCUT2D eigenvalue weighted by Crippen LogP contribution is -2.12. The van der Waals surface area contributed by atoms with Crippen LogP contribution >= 0.6 is 11.3 Å². The number of carbonyl (C=O) groups excluding carboxylic acids is 1. The first-order chi connectivity index (χ1) is 11.2. The number of amides is 1. The highest BCUT2D eigenvalue weighted by molar-refractivity contribution is 7.14. The number of aliphatic carboxylic acids is 1. The molecule has 1 heterocycles. The van der Waals surface area contributed by atoms with Gasteiger partial charge >= 0.3 is 5.97 Å². The molecule has 7 heteroatoms. The summed E-state index contributed by atoms with van der Waals surface area (Å²) >= 11 is 1.40. The molecule has 1 aromatic heterocycles. The summed E-state index contributed by atoms with van der Waals surface area (Å²) in [5.74, 6) is -0.818. The number of aryl methyl sites for hydroxylation is 1. The Kier molecular flexibility index (Phi) is 5.23. The van der Waals surface area contributed by atoms with E-state index in [9.17, 15) is 9.59 Å². The predicted molar refractivity (Wildman–Crippen MR) is 93.1 cm³/mol. The maximum atomic E-state index is 12.4. The molecular weight excluding hydrogens is 328 g/mol. The van der Waals surface area contributed by atoms with Crippen LogP contribution in [0.2, 0.25) is 0 Å². The summed E-state index contributed by atoms with van der Waals surface area (Å²) in [4.78, 5) is 28.0. The van der Waals surface area contributed by atoms with E-state index in [0.717, 1.165) is 5.01 Å². The van der Waals surface area contributed by atoms with Gasteiger partial charge in [0.2, 0.25) is 0 Å². The van der Waals surface area contributed by atoms with E-state index in [0.29, 0.717) is 22.0 Å². The quantitative estimate of drug-likeness (QED) is 0.864. The molecule has 0 aliphatic rings. The van der Waals surface area contributed by atoms with Crippen LogP contribution in [0, 0.1) is 6.92 Å². The van der Waals surface area contributed by atoms with Gasteiger partial charge in [-0.15, -0.1) is 11.3 Å². The maximum absolute atomic E-state index is 12.4. The van der Waals surface area contributed by atoms with Gasteiger partial charge in [-0.2, -0.15) is 0 Å². The van der Waals surface area contributed by atoms with E-state index >= 15 is 0 Å². The van der Waals surface area contributed by atoms with Gasteiger partial charge < -0.3 is 15.2 Å². The Bertz CT molecular complexity index is 745. The lowest BCUT2D eigenvalue weighted by molar-refractivity contribution is -0.139. The van der Waals surface area contributed by atoms with E-state index in [1.807, 2.05) is 6.92 Å². The number of carboxylic acids is 1. The van der Waals surface area contributed by atoms with Crippen LogP contribution in [0.5, 0.6) is 5.75 Å². The van der Waals surface area contributed by atoms with Crippen LogP contribution in [-0.2, 0) is 10.2 Å². The number of ether oxygens (including phenoxy) is 1. The van der Waals surface area contributed by atoms with Gasteiger partial charge in [0.25, 0.3) is 5.91 Å². The monoisotopic (exact) mass is 348 g/mol. The van der Waals surface area contributed by atoms with Gasteiger partial charge in [-0.05, 0) is 31.2 Å². The van der Waals surface area contributed by atoms with E-state index in [1.54, 1.807) is 24.3 Å². The van der Waals surface area contributed by atoms with Crippen LogP contribution in [0.25, 0.3) is 0 Å². The van der Waals surface area contributed by atoms with Crippen molar-refractivity contribution in [1.29, 1.82) is 0 Å². The van der Waals surface area contributed by atoms with E-state index in [2.05, 4.69) is 31.1 Å². The fourth-order valence-electron chi connectivity index (χ4n) is 1.90. The smallest absolute Gasteiger partial charge is 0.341 e. The second-order valence-corrected chi connectivity index (χ2v) is 7.34. The van der Waals surface area contributed by atoms with Crippen LogP contribution in [0.4, 0.5) is 5.69 Å². The van der Waals surface area contributed by atoms with Gasteiger partial charge in [0, 0.05) is 11.1 Å². The SMILES string of the molecule is Cc1nc(C(C)(C)C)sc1C(=O)Nc1ccc(OCC(=O)O)cc1. The number of carbonyl (C=O) groups is 2. The molecular formula is C17H20N2O4S. The Hall–Kier alpha value is -2.41. The minimum atomic E-state index is -1.04. The summed E-state index contributed by atoms with van der Waals surface area (Å²) in [6, 6.07) is 6.55. The molecule has 0 atom stereocenters. The van der Waals surface area contributed by atoms with E-state index < -0.39 is 12.6 Å². The van der Waals surface area contributed by atoms with Gasteiger partial charge in [-0.3, -0.25) is 4.79 Å². The second-order valence-electron chi connectivity index (χ2n) is 6.34. The van der Waals surface area contributed by atoms with Crippen molar-refractivity contribution in [2.75, 3.05) is 11.9 Å². The van der Waals surface area contributed by atoms with Gasteiger partial charge in [0.15, 0.2) is 6.61 Å². The minimum absolute atomic E-state index is 0.100. The molecule has 0 bridgehead atoms. The highest BCUT2D eigenvalue weighted by atomic mass is 32.1. The standard InChI is InChI=1S/C17H20N2O4S/c1-10-14(24-16(18-10)17(2,3)4)15(22)19-11-5-7-12(8-6-11)23-9-13(20)21/h5-8H,9H2,1-4H3,(H,19,22)(H,20,21). The number of carboxylic acid groups (broad SMARTS) is 1. The molecule has 0 spiro atoms. The number of hydrogen-bond donors (Lipinski definition) is 2. The highest BCUT2D eigenvalue weighted by Crippen LogP contribution is 2.29. The molecule has 0 fully saturated rings. The fourth-order valence-corrected chi connectivity index (χ4v) is 2.91. The van der Waals surface area contributed by atoms with Gasteiger partial charge in [-0.25, -0.2) is 9.78 Å². The van der Waals surface area contributed by atoms with Crippen LogP contribution in [0.3, 0.4) is 0 Å². The minimum Gasteiger partial charge on any atom is -0.482 e. The van der Waals surface area contributed by atoms with Crippen molar-refractivity contribution in [1.82, 2.24) is 4.98 Å². The third kappa shape index (κ3) is 4.55. The largest absolute Gasteiger partial charge is 0.482 e. The molecule has 0 unspecified atom stereocenters. The van der Waals surface area contributed by atoms with Gasteiger partial charge in [0.1, 0.15) is 10.6 Å². The third-order valence-corrected chi connectivity index (χ3v) is 4.70. The summed E-state index contributed by atoms with van der Waals surface area (Å²) in [6.07, 6.45) is 0. The molecule has 0 saturated carbocycles. The highest BCUT2D eigenvalue weighted by Gasteiger charge is 2.23. The number of hydrogen-bond acceptors (Lipinski definition) is 5. The van der Waals surface area contributed by atoms with Crippen LogP contribution in [0.15, 0.2) is 24.3 Å². The Labute approximate surface area is 144 Å². The zero-order chi connectivity index (χ0) is 17.9. The van der Waals surface area contributed by atoms with Gasteiger partial charge in [0.05, 0.1) is 10.7 Å². The van der Waals surface area contributed by atoms with Gasteiger partial charge in [-0.1, -0.05) is 20.8 Å². The Morgan fingerprint density at radius 1 is 1.25 bits per heavy atom. The number of nitrogens with one attached hydrogen (secondary N) is 1.